The monoisotopic (exact) mass is 350 g/mol. The number of H-pyrrole nitrogens is 2. The van der Waals surface area contributed by atoms with Crippen LogP contribution in [0.2, 0.25) is 0 Å². The van der Waals surface area contributed by atoms with E-state index in [-0.39, 0.29) is 0 Å². The van der Waals surface area contributed by atoms with Crippen LogP contribution in [0.5, 0.6) is 0 Å². The number of aromatic nitrogens is 4. The zero-order valence-corrected chi connectivity index (χ0v) is 13.9. The van der Waals surface area contributed by atoms with Crippen LogP contribution in [-0.2, 0) is 0 Å². The van der Waals surface area contributed by atoms with Gasteiger partial charge in [0.15, 0.2) is 0 Å². The van der Waals surface area contributed by atoms with Crippen LogP contribution in [0.3, 0.4) is 0 Å². The molecule has 2 aromatic heterocycles. The molecule has 0 unspecified atom stereocenters. The molecule has 116 valence electrons. The first kappa shape index (κ1) is 15.9. The third-order valence-corrected chi connectivity index (χ3v) is 3.38. The van der Waals surface area contributed by atoms with E-state index in [1.807, 2.05) is 36.4 Å². The number of aromatic amines is 2. The molecule has 0 atom stereocenters. The SMILES string of the molecule is S=C=Nc1ccc2[nH]ncc2c1.S=C=Nc1ccc2[nH]ncc2c1. The van der Waals surface area contributed by atoms with Gasteiger partial charge in [0.1, 0.15) is 0 Å². The molecule has 0 bridgehead atoms. The third-order valence-electron chi connectivity index (χ3n) is 3.20. The maximum atomic E-state index is 4.50. The second-order valence-electron chi connectivity index (χ2n) is 4.69. The van der Waals surface area contributed by atoms with Gasteiger partial charge in [0, 0.05) is 10.8 Å². The number of rotatable bonds is 2. The molecule has 0 fully saturated rings. The molecule has 0 aliphatic rings. The summed E-state index contributed by atoms with van der Waals surface area (Å²) in [5.74, 6) is 0. The van der Waals surface area contributed by atoms with Crippen LogP contribution in [0, 0.1) is 0 Å². The van der Waals surface area contributed by atoms with Gasteiger partial charge in [0.05, 0.1) is 45.1 Å². The number of fused-ring (bicyclic) bond motifs is 2. The van der Waals surface area contributed by atoms with Crippen LogP contribution in [0.4, 0.5) is 11.4 Å². The van der Waals surface area contributed by atoms with Crippen molar-refractivity contribution in [1.29, 1.82) is 0 Å². The fourth-order valence-corrected chi connectivity index (χ4v) is 2.32. The van der Waals surface area contributed by atoms with E-state index in [2.05, 4.69) is 65.1 Å². The Morgan fingerprint density at radius 3 is 1.62 bits per heavy atom. The lowest BCUT2D eigenvalue weighted by Crippen LogP contribution is -1.67. The van der Waals surface area contributed by atoms with Crippen molar-refractivity contribution in [1.82, 2.24) is 20.4 Å². The van der Waals surface area contributed by atoms with Gasteiger partial charge in [0.25, 0.3) is 0 Å². The molecule has 2 aromatic carbocycles. The predicted octanol–water partition coefficient (Wildman–Crippen LogP) is 4.59. The minimum Gasteiger partial charge on any atom is -0.278 e. The highest BCUT2D eigenvalue weighted by Crippen LogP contribution is 2.19. The summed E-state index contributed by atoms with van der Waals surface area (Å²) >= 11 is 8.99. The van der Waals surface area contributed by atoms with Gasteiger partial charge in [-0.1, -0.05) is 0 Å². The zero-order chi connectivity index (χ0) is 16.8. The van der Waals surface area contributed by atoms with Gasteiger partial charge in [-0.3, -0.25) is 10.2 Å². The summed E-state index contributed by atoms with van der Waals surface area (Å²) in [4.78, 5) is 7.72. The molecule has 2 heterocycles. The van der Waals surface area contributed by atoms with Crippen molar-refractivity contribution in [3.05, 3.63) is 48.8 Å². The largest absolute Gasteiger partial charge is 0.278 e. The summed E-state index contributed by atoms with van der Waals surface area (Å²) in [6.07, 6.45) is 3.50. The molecule has 24 heavy (non-hydrogen) atoms. The highest BCUT2D eigenvalue weighted by molar-refractivity contribution is 7.78. The quantitative estimate of drug-likeness (QED) is 0.409. The molecule has 4 aromatic rings. The van der Waals surface area contributed by atoms with E-state index in [1.54, 1.807) is 12.4 Å². The van der Waals surface area contributed by atoms with Crippen molar-refractivity contribution in [2.75, 3.05) is 0 Å². The molecular weight excluding hydrogens is 340 g/mol. The Labute approximate surface area is 147 Å². The number of thiocarbonyl (C=S) groups is 2. The van der Waals surface area contributed by atoms with E-state index in [4.69, 9.17) is 0 Å². The Kier molecular flexibility index (Phi) is 4.96. The van der Waals surface area contributed by atoms with Crippen LogP contribution in [0.1, 0.15) is 0 Å². The maximum absolute atomic E-state index is 4.50. The van der Waals surface area contributed by atoms with Gasteiger partial charge in [-0.05, 0) is 60.8 Å². The molecule has 0 spiro atoms. The van der Waals surface area contributed by atoms with Crippen LogP contribution in [0.15, 0.2) is 58.8 Å². The number of hydrogen-bond acceptors (Lipinski definition) is 6. The highest BCUT2D eigenvalue weighted by atomic mass is 32.1. The summed E-state index contributed by atoms with van der Waals surface area (Å²) in [6, 6.07) is 11.3. The smallest absolute Gasteiger partial charge is 0.0747 e. The summed E-state index contributed by atoms with van der Waals surface area (Å²) in [7, 11) is 0. The fraction of sp³-hybridized carbons (Fsp3) is 0. The molecule has 0 radical (unpaired) electrons. The molecular formula is C16H10N6S2. The minimum atomic E-state index is 0.805. The van der Waals surface area contributed by atoms with Gasteiger partial charge >= 0.3 is 0 Å². The van der Waals surface area contributed by atoms with E-state index < -0.39 is 0 Å². The summed E-state index contributed by atoms with van der Waals surface area (Å²) in [5, 5.41) is 20.2. The van der Waals surface area contributed by atoms with Crippen LogP contribution >= 0.6 is 24.4 Å². The first-order valence-corrected chi connectivity index (χ1v) is 7.64. The van der Waals surface area contributed by atoms with Crippen molar-refractivity contribution < 1.29 is 0 Å². The van der Waals surface area contributed by atoms with Gasteiger partial charge in [0.2, 0.25) is 0 Å². The average molecular weight is 350 g/mol. The lowest BCUT2D eigenvalue weighted by Gasteiger charge is -1.89. The van der Waals surface area contributed by atoms with Crippen LogP contribution in [-0.4, -0.2) is 30.7 Å². The Balaban J connectivity index is 0.000000141. The van der Waals surface area contributed by atoms with E-state index in [1.165, 1.54) is 0 Å². The summed E-state index contributed by atoms with van der Waals surface area (Å²) in [6.45, 7) is 0. The third kappa shape index (κ3) is 3.65. The number of nitrogens with zero attached hydrogens (tertiary/aromatic N) is 4. The topological polar surface area (TPSA) is 82.1 Å². The molecule has 2 N–H and O–H groups in total. The van der Waals surface area contributed by atoms with Crippen molar-refractivity contribution in [2.24, 2.45) is 9.98 Å². The number of hydrogen-bond donors (Lipinski definition) is 2. The minimum absolute atomic E-state index is 0.805. The second-order valence-corrected chi connectivity index (χ2v) is 5.05. The van der Waals surface area contributed by atoms with E-state index in [0.717, 1.165) is 33.2 Å². The van der Waals surface area contributed by atoms with Gasteiger partial charge < -0.3 is 0 Å². The molecule has 0 saturated carbocycles. The average Bonchev–Trinajstić information content (AvgIpc) is 3.24. The second kappa shape index (κ2) is 7.50. The van der Waals surface area contributed by atoms with Crippen LogP contribution in [0.25, 0.3) is 21.8 Å². The van der Waals surface area contributed by atoms with Gasteiger partial charge in [-0.25, -0.2) is 0 Å². The molecule has 0 amide bonds. The van der Waals surface area contributed by atoms with Gasteiger partial charge in [-0.2, -0.15) is 20.2 Å². The van der Waals surface area contributed by atoms with Crippen molar-refractivity contribution >= 4 is 67.9 Å². The highest BCUT2D eigenvalue weighted by Gasteiger charge is 1.95. The van der Waals surface area contributed by atoms with Gasteiger partial charge in [-0.15, -0.1) is 0 Å². The maximum Gasteiger partial charge on any atom is 0.0747 e. The van der Waals surface area contributed by atoms with E-state index in [9.17, 15) is 0 Å². The number of isothiocyanates is 2. The molecule has 0 saturated heterocycles. The standard InChI is InChI=1S/2C8H5N3S/c2*12-5-9-7-1-2-8-6(3-7)4-10-11-8/h2*1-4H,(H,10,11). The Morgan fingerprint density at radius 2 is 1.21 bits per heavy atom. The summed E-state index contributed by atoms with van der Waals surface area (Å²) < 4.78 is 0. The number of benzene rings is 2. The predicted molar refractivity (Wildman–Crippen MR) is 102 cm³/mol. The molecule has 8 heteroatoms. The van der Waals surface area contributed by atoms with Crippen molar-refractivity contribution in [3.8, 4) is 0 Å². The number of aliphatic imine (C=N–C) groups is 2. The Morgan fingerprint density at radius 1 is 0.750 bits per heavy atom. The zero-order valence-electron chi connectivity index (χ0n) is 12.2. The first-order valence-electron chi connectivity index (χ1n) is 6.82. The molecule has 0 aliphatic heterocycles. The molecule has 6 nitrogen and oxygen atoms in total. The Bertz CT molecular complexity index is 996. The lowest BCUT2D eigenvalue weighted by atomic mass is 10.2. The van der Waals surface area contributed by atoms with Crippen LogP contribution < -0.4 is 0 Å². The Hall–Kier alpha value is -3.02. The van der Waals surface area contributed by atoms with Crippen molar-refractivity contribution in [3.63, 3.8) is 0 Å². The van der Waals surface area contributed by atoms with E-state index in [0.29, 0.717) is 0 Å². The lowest BCUT2D eigenvalue weighted by molar-refractivity contribution is 1.12. The van der Waals surface area contributed by atoms with E-state index >= 15 is 0 Å². The molecule has 4 rings (SSSR count). The molecule has 0 aliphatic carbocycles. The fourth-order valence-electron chi connectivity index (χ4n) is 2.10. The first-order chi connectivity index (χ1) is 11.8. The summed E-state index contributed by atoms with van der Waals surface area (Å²) in [5.41, 5.74) is 3.61. The normalized spacial score (nSPS) is 9.67. The number of nitrogens with one attached hydrogen (secondary N) is 2. The van der Waals surface area contributed by atoms with Crippen molar-refractivity contribution in [2.45, 2.75) is 0 Å².